The van der Waals surface area contributed by atoms with Gasteiger partial charge in [0.1, 0.15) is 6.54 Å². The Morgan fingerprint density at radius 2 is 1.36 bits per heavy atom. The molecular weight excluding hydrogens is 314 g/mol. The predicted octanol–water partition coefficient (Wildman–Crippen LogP) is 3.41. The van der Waals surface area contributed by atoms with Gasteiger partial charge in [-0.1, -0.05) is 25.7 Å². The van der Waals surface area contributed by atoms with Crippen LogP contribution in [0.5, 0.6) is 0 Å². The van der Waals surface area contributed by atoms with Gasteiger partial charge in [0.15, 0.2) is 11.7 Å². The molecule has 0 radical (unpaired) electrons. The predicted molar refractivity (Wildman–Crippen MR) is 96.9 cm³/mol. The Morgan fingerprint density at radius 1 is 0.800 bits per heavy atom. The van der Waals surface area contributed by atoms with Crippen LogP contribution >= 0.6 is 0 Å². The lowest BCUT2D eigenvalue weighted by molar-refractivity contribution is -0.922. The van der Waals surface area contributed by atoms with Gasteiger partial charge in [0, 0.05) is 6.42 Å². The fraction of sp³-hybridized carbons (Fsp3) is 0.952. The van der Waals surface area contributed by atoms with Crippen molar-refractivity contribution in [3.63, 3.8) is 0 Å². The molecule has 0 aromatic rings. The Balaban J connectivity index is 1.44. The molecule has 4 aliphatic rings. The monoisotopic (exact) mass is 350 g/mol. The molecule has 2 aliphatic heterocycles. The van der Waals surface area contributed by atoms with Crippen molar-refractivity contribution < 1.29 is 19.1 Å². The summed E-state index contributed by atoms with van der Waals surface area (Å²) in [5, 5.41) is 11.6. The molecule has 1 N–H and O–H groups in total. The first kappa shape index (κ1) is 17.8. The lowest BCUT2D eigenvalue weighted by atomic mass is 9.75. The minimum atomic E-state index is -1.21. The molecule has 1 spiro atoms. The van der Waals surface area contributed by atoms with Crippen LogP contribution in [-0.2, 0) is 9.53 Å². The number of carbonyl (C=O) groups is 1. The van der Waals surface area contributed by atoms with Crippen molar-refractivity contribution in [2.24, 2.45) is 11.8 Å². The van der Waals surface area contributed by atoms with Gasteiger partial charge < -0.3 is 14.3 Å². The molecule has 25 heavy (non-hydrogen) atoms. The minimum Gasteiger partial charge on any atom is -0.454 e. The number of aliphatic hydroxyl groups is 1. The minimum absolute atomic E-state index is 0.0277. The molecule has 4 rings (SSSR count). The Labute approximate surface area is 152 Å². The fourth-order valence-electron chi connectivity index (χ4n) is 6.36. The third-order valence-corrected chi connectivity index (χ3v) is 7.84. The number of esters is 1. The van der Waals surface area contributed by atoms with E-state index in [1.165, 1.54) is 32.4 Å². The zero-order valence-electron chi connectivity index (χ0n) is 15.8. The molecule has 0 aromatic heterocycles. The van der Waals surface area contributed by atoms with Crippen LogP contribution in [0.2, 0.25) is 0 Å². The molecule has 4 heteroatoms. The molecule has 1 unspecified atom stereocenters. The zero-order chi connectivity index (χ0) is 17.3. The quantitative estimate of drug-likeness (QED) is 0.624. The Morgan fingerprint density at radius 3 is 1.92 bits per heavy atom. The van der Waals surface area contributed by atoms with E-state index in [2.05, 4.69) is 0 Å². The van der Waals surface area contributed by atoms with E-state index in [-0.39, 0.29) is 23.9 Å². The summed E-state index contributed by atoms with van der Waals surface area (Å²) in [7, 11) is 0. The second kappa shape index (κ2) is 7.19. The van der Waals surface area contributed by atoms with Gasteiger partial charge in [-0.2, -0.15) is 0 Å². The maximum absolute atomic E-state index is 13.2. The molecule has 4 fully saturated rings. The van der Waals surface area contributed by atoms with Gasteiger partial charge in [-0.3, -0.25) is 0 Å². The molecular formula is C21H36NO3+. The first-order valence-corrected chi connectivity index (χ1v) is 10.9. The van der Waals surface area contributed by atoms with E-state index in [1.54, 1.807) is 0 Å². The van der Waals surface area contributed by atoms with E-state index < -0.39 is 5.60 Å². The summed E-state index contributed by atoms with van der Waals surface area (Å²) in [5.41, 5.74) is -1.21. The van der Waals surface area contributed by atoms with E-state index >= 15 is 0 Å². The third kappa shape index (κ3) is 3.37. The molecule has 2 heterocycles. The molecule has 1 atom stereocenters. The standard InChI is InChI=1S/C21H36NO3/c23-20(25-19-12-15-22(16-19)13-6-1-7-14-22)21(24,17-8-2-3-9-17)18-10-4-5-11-18/h17-19,24H,1-16H2/q+1. The third-order valence-electron chi connectivity index (χ3n) is 7.84. The van der Waals surface area contributed by atoms with Crippen molar-refractivity contribution in [2.75, 3.05) is 26.2 Å². The number of nitrogens with zero attached hydrogens (tertiary/aromatic N) is 1. The summed E-state index contributed by atoms with van der Waals surface area (Å²) >= 11 is 0. The van der Waals surface area contributed by atoms with Crippen LogP contribution in [-0.4, -0.2) is 53.4 Å². The molecule has 0 bridgehead atoms. The first-order chi connectivity index (χ1) is 12.1. The van der Waals surface area contributed by atoms with Crippen LogP contribution in [0.1, 0.15) is 77.0 Å². The Bertz CT molecular complexity index is 458. The number of piperidine rings is 1. The van der Waals surface area contributed by atoms with Gasteiger partial charge in [-0.25, -0.2) is 4.79 Å². The maximum Gasteiger partial charge on any atom is 0.339 e. The van der Waals surface area contributed by atoms with Gasteiger partial charge in [0.05, 0.1) is 19.6 Å². The maximum atomic E-state index is 13.2. The van der Waals surface area contributed by atoms with E-state index in [4.69, 9.17) is 4.74 Å². The summed E-state index contributed by atoms with van der Waals surface area (Å²) in [4.78, 5) is 13.2. The second-order valence-corrected chi connectivity index (χ2v) is 9.36. The fourth-order valence-corrected chi connectivity index (χ4v) is 6.36. The SMILES string of the molecule is O=C(OC1CC[N+]2(CCCCC2)C1)C(O)(C1CCCC1)C1CCCC1. The summed E-state index contributed by atoms with van der Waals surface area (Å²) in [5.74, 6) is -0.0152. The number of carbonyl (C=O) groups excluding carboxylic acids is 1. The Hall–Kier alpha value is -0.610. The molecule has 2 aliphatic carbocycles. The normalized spacial score (nSPS) is 31.0. The van der Waals surface area contributed by atoms with E-state index in [9.17, 15) is 9.90 Å². The van der Waals surface area contributed by atoms with Crippen molar-refractivity contribution in [3.8, 4) is 0 Å². The van der Waals surface area contributed by atoms with E-state index in [0.717, 1.165) is 75.4 Å². The highest BCUT2D eigenvalue weighted by Gasteiger charge is 2.53. The van der Waals surface area contributed by atoms with Crippen LogP contribution in [0, 0.1) is 11.8 Å². The summed E-state index contributed by atoms with van der Waals surface area (Å²) < 4.78 is 7.18. The summed E-state index contributed by atoms with van der Waals surface area (Å²) in [6, 6.07) is 0. The highest BCUT2D eigenvalue weighted by atomic mass is 16.6. The number of quaternary nitrogens is 1. The van der Waals surface area contributed by atoms with Crippen LogP contribution in [0.25, 0.3) is 0 Å². The van der Waals surface area contributed by atoms with E-state index in [1.807, 2.05) is 0 Å². The molecule has 2 saturated heterocycles. The van der Waals surface area contributed by atoms with Crippen LogP contribution < -0.4 is 0 Å². The van der Waals surface area contributed by atoms with Crippen LogP contribution in [0.15, 0.2) is 0 Å². The van der Waals surface area contributed by atoms with Gasteiger partial charge in [-0.05, 0) is 56.8 Å². The lowest BCUT2D eigenvalue weighted by Crippen LogP contribution is -2.53. The largest absolute Gasteiger partial charge is 0.454 e. The van der Waals surface area contributed by atoms with Crippen molar-refractivity contribution in [2.45, 2.75) is 88.8 Å². The molecule has 0 amide bonds. The first-order valence-electron chi connectivity index (χ1n) is 10.9. The number of rotatable bonds is 4. The average molecular weight is 351 g/mol. The van der Waals surface area contributed by atoms with Gasteiger partial charge in [-0.15, -0.1) is 0 Å². The number of hydrogen-bond donors (Lipinski definition) is 1. The highest BCUT2D eigenvalue weighted by molar-refractivity contribution is 5.80. The smallest absolute Gasteiger partial charge is 0.339 e. The van der Waals surface area contributed by atoms with Crippen molar-refractivity contribution in [1.29, 1.82) is 0 Å². The zero-order valence-corrected chi connectivity index (χ0v) is 15.8. The molecule has 142 valence electrons. The summed E-state index contributed by atoms with van der Waals surface area (Å²) in [6.45, 7) is 4.65. The van der Waals surface area contributed by atoms with Crippen molar-refractivity contribution in [1.82, 2.24) is 0 Å². The lowest BCUT2D eigenvalue weighted by Gasteiger charge is -2.39. The van der Waals surface area contributed by atoms with Crippen molar-refractivity contribution in [3.05, 3.63) is 0 Å². The van der Waals surface area contributed by atoms with Crippen LogP contribution in [0.4, 0.5) is 0 Å². The van der Waals surface area contributed by atoms with Crippen LogP contribution in [0.3, 0.4) is 0 Å². The summed E-state index contributed by atoms with van der Waals surface area (Å²) in [6.07, 6.45) is 13.6. The molecule has 4 nitrogen and oxygen atoms in total. The van der Waals surface area contributed by atoms with Gasteiger partial charge in [0.2, 0.25) is 0 Å². The average Bonchev–Trinajstić information content (AvgIpc) is 3.38. The number of ether oxygens (including phenoxy) is 1. The molecule has 0 aromatic carbocycles. The highest BCUT2D eigenvalue weighted by Crippen LogP contribution is 2.45. The number of hydrogen-bond acceptors (Lipinski definition) is 3. The van der Waals surface area contributed by atoms with Crippen molar-refractivity contribution >= 4 is 5.97 Å². The second-order valence-electron chi connectivity index (χ2n) is 9.36. The van der Waals surface area contributed by atoms with Gasteiger partial charge in [0.25, 0.3) is 0 Å². The van der Waals surface area contributed by atoms with Gasteiger partial charge >= 0.3 is 5.97 Å². The molecule has 2 saturated carbocycles. The van der Waals surface area contributed by atoms with E-state index in [0.29, 0.717) is 0 Å². The Kier molecular flexibility index (Phi) is 5.11. The topological polar surface area (TPSA) is 46.5 Å².